The molecule has 23 heavy (non-hydrogen) atoms. The molecule has 0 radical (unpaired) electrons. The highest BCUT2D eigenvalue weighted by Gasteiger charge is 2.33. The van der Waals surface area contributed by atoms with Crippen LogP contribution < -0.4 is 0 Å². The second kappa shape index (κ2) is 10.2. The molecule has 1 rings (SSSR count). The Kier molecular flexibility index (Phi) is 8.67. The van der Waals surface area contributed by atoms with E-state index in [0.29, 0.717) is 19.3 Å². The minimum atomic E-state index is -0.575. The predicted octanol–water partition coefficient (Wildman–Crippen LogP) is 5.09. The van der Waals surface area contributed by atoms with E-state index in [1.807, 2.05) is 6.92 Å². The maximum atomic E-state index is 12.2. The first-order valence-corrected chi connectivity index (χ1v) is 8.98. The summed E-state index contributed by atoms with van der Waals surface area (Å²) >= 11 is 0. The van der Waals surface area contributed by atoms with Gasteiger partial charge >= 0.3 is 0 Å². The third-order valence-corrected chi connectivity index (χ3v) is 4.36. The van der Waals surface area contributed by atoms with Gasteiger partial charge in [0.2, 0.25) is 11.6 Å². The number of carbonyl (C=O) groups is 2. The Bertz CT molecular complexity index is 486. The van der Waals surface area contributed by atoms with E-state index < -0.39 is 23.1 Å². The van der Waals surface area contributed by atoms with Crippen molar-refractivity contribution in [1.29, 1.82) is 0 Å². The van der Waals surface area contributed by atoms with Gasteiger partial charge in [-0.25, -0.2) is 0 Å². The van der Waals surface area contributed by atoms with E-state index in [1.54, 1.807) is 0 Å². The molecule has 1 aliphatic carbocycles. The first-order chi connectivity index (χ1) is 11.0. The molecule has 0 aliphatic heterocycles. The van der Waals surface area contributed by atoms with Crippen LogP contribution in [0.15, 0.2) is 22.7 Å². The van der Waals surface area contributed by atoms with Crippen molar-refractivity contribution in [1.82, 2.24) is 0 Å². The van der Waals surface area contributed by atoms with Gasteiger partial charge in [-0.1, -0.05) is 58.8 Å². The van der Waals surface area contributed by atoms with Crippen LogP contribution in [0.25, 0.3) is 0 Å². The van der Waals surface area contributed by atoms with Gasteiger partial charge in [0.15, 0.2) is 11.5 Å². The van der Waals surface area contributed by atoms with Crippen molar-refractivity contribution < 1.29 is 19.8 Å². The molecule has 0 unspecified atom stereocenters. The first kappa shape index (κ1) is 19.5. The summed E-state index contributed by atoms with van der Waals surface area (Å²) in [7, 11) is 0. The summed E-state index contributed by atoms with van der Waals surface area (Å²) < 4.78 is 0. The smallest absolute Gasteiger partial charge is 0.227 e. The molecule has 130 valence electrons. The minimum absolute atomic E-state index is 0.0673. The number of allylic oxidation sites excluding steroid dienone is 2. The van der Waals surface area contributed by atoms with Crippen molar-refractivity contribution in [3.05, 3.63) is 22.7 Å². The maximum absolute atomic E-state index is 12.2. The second-order valence-electron chi connectivity index (χ2n) is 6.29. The summed E-state index contributed by atoms with van der Waals surface area (Å²) in [5.41, 5.74) is 0.152. The second-order valence-corrected chi connectivity index (χ2v) is 6.29. The lowest BCUT2D eigenvalue weighted by Crippen LogP contribution is -2.24. The Morgan fingerprint density at radius 1 is 0.609 bits per heavy atom. The standard InChI is InChI=1S/C19H30O4/c1-3-5-7-8-9-10-11-13-15-18(22)16(20)14(12-6-4-2)17(21)19(15)23/h20,23H,3-13H2,1-2H3. The van der Waals surface area contributed by atoms with Crippen LogP contribution in [0.1, 0.15) is 84.5 Å². The van der Waals surface area contributed by atoms with Gasteiger partial charge in [-0.2, -0.15) is 0 Å². The molecule has 1 aliphatic rings. The van der Waals surface area contributed by atoms with Crippen LogP contribution >= 0.6 is 0 Å². The number of aliphatic hydroxyl groups is 2. The summed E-state index contributed by atoms with van der Waals surface area (Å²) in [6, 6.07) is 0. The topological polar surface area (TPSA) is 74.6 Å². The van der Waals surface area contributed by atoms with Crippen LogP contribution in [0.5, 0.6) is 0 Å². The van der Waals surface area contributed by atoms with E-state index in [9.17, 15) is 19.8 Å². The van der Waals surface area contributed by atoms with Gasteiger partial charge in [-0.3, -0.25) is 9.59 Å². The van der Waals surface area contributed by atoms with Crippen LogP contribution in [0.2, 0.25) is 0 Å². The SMILES string of the molecule is CCCCCCCCCC1=C(O)C(=O)C(CCCC)=C(O)C1=O. The van der Waals surface area contributed by atoms with Gasteiger partial charge < -0.3 is 10.2 Å². The van der Waals surface area contributed by atoms with Crippen LogP contribution in [0, 0.1) is 0 Å². The van der Waals surface area contributed by atoms with E-state index in [0.717, 1.165) is 25.7 Å². The lowest BCUT2D eigenvalue weighted by molar-refractivity contribution is -0.120. The molecule has 0 fully saturated rings. The van der Waals surface area contributed by atoms with Crippen LogP contribution in [0.3, 0.4) is 0 Å². The van der Waals surface area contributed by atoms with Crippen molar-refractivity contribution in [3.8, 4) is 0 Å². The highest BCUT2D eigenvalue weighted by molar-refractivity contribution is 6.23. The largest absolute Gasteiger partial charge is 0.504 e. The van der Waals surface area contributed by atoms with E-state index in [-0.39, 0.29) is 11.1 Å². The quantitative estimate of drug-likeness (QED) is 0.410. The molecule has 0 amide bonds. The maximum Gasteiger partial charge on any atom is 0.227 e. The van der Waals surface area contributed by atoms with Crippen molar-refractivity contribution in [3.63, 3.8) is 0 Å². The number of ketones is 2. The molecule has 0 spiro atoms. The number of Topliss-reactive ketones (excluding diaryl/α,β-unsaturated/α-hetero) is 2. The Morgan fingerprint density at radius 3 is 1.48 bits per heavy atom. The first-order valence-electron chi connectivity index (χ1n) is 8.98. The zero-order valence-electron chi connectivity index (χ0n) is 14.5. The molecule has 0 heterocycles. The third kappa shape index (κ3) is 5.52. The molecule has 0 saturated carbocycles. The Hall–Kier alpha value is -1.58. The van der Waals surface area contributed by atoms with Crippen molar-refractivity contribution in [2.45, 2.75) is 84.5 Å². The van der Waals surface area contributed by atoms with Crippen LogP contribution in [0.4, 0.5) is 0 Å². The fourth-order valence-electron chi connectivity index (χ4n) is 2.85. The van der Waals surface area contributed by atoms with Crippen LogP contribution in [-0.4, -0.2) is 21.8 Å². The number of hydrogen-bond donors (Lipinski definition) is 2. The summed E-state index contributed by atoms with van der Waals surface area (Å²) in [6.07, 6.45) is 9.94. The zero-order chi connectivity index (χ0) is 17.2. The number of carbonyl (C=O) groups excluding carboxylic acids is 2. The van der Waals surface area contributed by atoms with Gasteiger partial charge in [0.25, 0.3) is 0 Å². The van der Waals surface area contributed by atoms with E-state index >= 15 is 0 Å². The van der Waals surface area contributed by atoms with Crippen molar-refractivity contribution in [2.24, 2.45) is 0 Å². The molecule has 4 nitrogen and oxygen atoms in total. The number of rotatable bonds is 11. The molecule has 0 aromatic rings. The lowest BCUT2D eigenvalue weighted by atomic mass is 9.88. The minimum Gasteiger partial charge on any atom is -0.504 e. The van der Waals surface area contributed by atoms with Crippen molar-refractivity contribution in [2.75, 3.05) is 0 Å². The average molecular weight is 322 g/mol. The predicted molar refractivity (Wildman–Crippen MR) is 91.5 cm³/mol. The highest BCUT2D eigenvalue weighted by Crippen LogP contribution is 2.28. The van der Waals surface area contributed by atoms with E-state index in [2.05, 4.69) is 6.92 Å². The molecule has 0 bridgehead atoms. The molecule has 4 heteroatoms. The normalized spacial score (nSPS) is 15.7. The molecule has 2 N–H and O–H groups in total. The van der Waals surface area contributed by atoms with E-state index in [4.69, 9.17) is 0 Å². The summed E-state index contributed by atoms with van der Waals surface area (Å²) in [5.74, 6) is -2.06. The Morgan fingerprint density at radius 2 is 1.00 bits per heavy atom. The number of hydrogen-bond acceptors (Lipinski definition) is 4. The summed E-state index contributed by atoms with van der Waals surface area (Å²) in [5, 5.41) is 20.0. The molecule has 0 aromatic heterocycles. The lowest BCUT2D eigenvalue weighted by Gasteiger charge is -2.17. The Balaban J connectivity index is 2.55. The van der Waals surface area contributed by atoms with Gasteiger partial charge in [-0.15, -0.1) is 0 Å². The zero-order valence-corrected chi connectivity index (χ0v) is 14.5. The van der Waals surface area contributed by atoms with E-state index in [1.165, 1.54) is 25.7 Å². The monoisotopic (exact) mass is 322 g/mol. The Labute approximate surface area is 139 Å². The number of aliphatic hydroxyl groups excluding tert-OH is 2. The molecular weight excluding hydrogens is 292 g/mol. The fraction of sp³-hybridized carbons (Fsp3) is 0.684. The average Bonchev–Trinajstić information content (AvgIpc) is 2.55. The van der Waals surface area contributed by atoms with Gasteiger partial charge in [0.05, 0.1) is 0 Å². The molecule has 0 atom stereocenters. The fourth-order valence-corrected chi connectivity index (χ4v) is 2.85. The molecule has 0 aromatic carbocycles. The highest BCUT2D eigenvalue weighted by atomic mass is 16.3. The summed E-state index contributed by atoms with van der Waals surface area (Å²) in [4.78, 5) is 24.3. The van der Waals surface area contributed by atoms with Gasteiger partial charge in [0.1, 0.15) is 0 Å². The van der Waals surface area contributed by atoms with Crippen LogP contribution in [-0.2, 0) is 9.59 Å². The van der Waals surface area contributed by atoms with Crippen molar-refractivity contribution >= 4 is 11.6 Å². The summed E-state index contributed by atoms with van der Waals surface area (Å²) in [6.45, 7) is 4.14. The van der Waals surface area contributed by atoms with Gasteiger partial charge in [0, 0.05) is 11.1 Å². The van der Waals surface area contributed by atoms with Gasteiger partial charge in [-0.05, 0) is 25.7 Å². The molecule has 0 saturated heterocycles. The third-order valence-electron chi connectivity index (χ3n) is 4.36. The number of unbranched alkanes of at least 4 members (excludes halogenated alkanes) is 7. The molecular formula is C19H30O4.